The fourth-order valence-corrected chi connectivity index (χ4v) is 4.86. The summed E-state index contributed by atoms with van der Waals surface area (Å²) in [5.74, 6) is 0.532. The van der Waals surface area contributed by atoms with Gasteiger partial charge in [-0.1, -0.05) is 53.5 Å². The molecule has 0 saturated carbocycles. The molecule has 4 nitrogen and oxygen atoms in total. The van der Waals surface area contributed by atoms with E-state index in [0.717, 1.165) is 5.56 Å². The first-order valence-electron chi connectivity index (χ1n) is 7.46. The van der Waals surface area contributed by atoms with Gasteiger partial charge in [0.1, 0.15) is 10.7 Å². The lowest BCUT2D eigenvalue weighted by atomic mass is 10.1. The first-order valence-corrected chi connectivity index (χ1v) is 9.65. The van der Waals surface area contributed by atoms with Gasteiger partial charge in [-0.2, -0.15) is 0 Å². The third-order valence-corrected chi connectivity index (χ3v) is 6.82. The topological polar surface area (TPSA) is 49.7 Å². The van der Waals surface area contributed by atoms with Crippen LogP contribution in [-0.2, 0) is 16.4 Å². The zero-order valence-corrected chi connectivity index (χ0v) is 15.4. The van der Waals surface area contributed by atoms with Crippen LogP contribution in [0.1, 0.15) is 11.1 Å². The minimum atomic E-state index is -3.77. The summed E-state index contributed by atoms with van der Waals surface area (Å²) in [6, 6.07) is 12.7. The normalized spacial score (nSPS) is 14.8. The van der Waals surface area contributed by atoms with Crippen molar-refractivity contribution in [1.82, 2.24) is 4.31 Å². The van der Waals surface area contributed by atoms with Gasteiger partial charge in [0.15, 0.2) is 0 Å². The van der Waals surface area contributed by atoms with E-state index in [9.17, 15) is 8.42 Å². The van der Waals surface area contributed by atoms with E-state index in [-0.39, 0.29) is 9.92 Å². The number of hydrogen-bond acceptors (Lipinski definition) is 3. The third-order valence-electron chi connectivity index (χ3n) is 3.94. The van der Waals surface area contributed by atoms with Crippen LogP contribution in [0.15, 0.2) is 52.4 Å². The maximum absolute atomic E-state index is 13.0. The molecule has 7 heteroatoms. The molecule has 3 rings (SSSR count). The predicted molar refractivity (Wildman–Crippen MR) is 97.5 cm³/mol. The Labute approximate surface area is 151 Å². The Balaban J connectivity index is 1.95. The summed E-state index contributed by atoms with van der Waals surface area (Å²) in [5.41, 5.74) is 1.57. The highest BCUT2D eigenvalue weighted by Crippen LogP contribution is 2.32. The Hall–Kier alpha value is -1.56. The van der Waals surface area contributed by atoms with Crippen molar-refractivity contribution in [2.24, 2.45) is 4.99 Å². The summed E-state index contributed by atoms with van der Waals surface area (Å²) in [7, 11) is -3.77. The molecule has 0 atom stereocenters. The summed E-state index contributed by atoms with van der Waals surface area (Å²) in [6.45, 7) is 2.47. The van der Waals surface area contributed by atoms with Crippen LogP contribution < -0.4 is 0 Å². The quantitative estimate of drug-likeness (QED) is 0.803. The van der Waals surface area contributed by atoms with Crippen LogP contribution in [0.25, 0.3) is 0 Å². The molecule has 0 saturated heterocycles. The zero-order valence-electron chi connectivity index (χ0n) is 13.0. The molecule has 1 heterocycles. The standard InChI is InChI=1S/C17H16Cl2N2O2S/c1-12-14(18)7-8-15(17(12)19)24(22,23)21-10-9-20-16(21)11-13-5-3-2-4-6-13/h2-8H,9-11H2,1H3. The zero-order chi connectivity index (χ0) is 17.3. The second-order valence-electron chi connectivity index (χ2n) is 5.52. The van der Waals surface area contributed by atoms with Gasteiger partial charge < -0.3 is 0 Å². The molecule has 0 radical (unpaired) electrons. The minimum absolute atomic E-state index is 0.0636. The van der Waals surface area contributed by atoms with E-state index in [4.69, 9.17) is 23.2 Å². The molecule has 2 aromatic rings. The summed E-state index contributed by atoms with van der Waals surface area (Å²) in [4.78, 5) is 4.43. The van der Waals surface area contributed by atoms with Crippen LogP contribution in [0.3, 0.4) is 0 Å². The van der Waals surface area contributed by atoms with E-state index in [1.807, 2.05) is 30.3 Å². The van der Waals surface area contributed by atoms with E-state index in [1.165, 1.54) is 10.4 Å². The van der Waals surface area contributed by atoms with Crippen LogP contribution in [0.4, 0.5) is 0 Å². The Morgan fingerprint density at radius 1 is 1.12 bits per heavy atom. The Morgan fingerprint density at radius 2 is 1.83 bits per heavy atom. The maximum atomic E-state index is 13.0. The molecule has 0 aromatic heterocycles. The fraction of sp³-hybridized carbons (Fsp3) is 0.235. The summed E-state index contributed by atoms with van der Waals surface area (Å²) < 4.78 is 27.4. The van der Waals surface area contributed by atoms with Gasteiger partial charge in [-0.25, -0.2) is 8.42 Å². The summed E-state index contributed by atoms with van der Waals surface area (Å²) in [5, 5.41) is 0.604. The molecule has 0 N–H and O–H groups in total. The van der Waals surface area contributed by atoms with E-state index in [0.29, 0.717) is 35.9 Å². The molecule has 1 aliphatic rings. The first-order chi connectivity index (χ1) is 11.4. The number of nitrogens with zero attached hydrogens (tertiary/aromatic N) is 2. The van der Waals surface area contributed by atoms with Gasteiger partial charge in [0.25, 0.3) is 10.0 Å². The molecular formula is C17H16Cl2N2O2S. The number of amidine groups is 1. The largest absolute Gasteiger partial charge is 0.269 e. The number of halogens is 2. The fourth-order valence-electron chi connectivity index (χ4n) is 2.61. The molecule has 1 aliphatic heterocycles. The van der Waals surface area contributed by atoms with Crippen LogP contribution in [0.5, 0.6) is 0 Å². The second kappa shape index (κ2) is 6.75. The molecule has 2 aromatic carbocycles. The predicted octanol–water partition coefficient (Wildman–Crippen LogP) is 3.95. The van der Waals surface area contributed by atoms with Crippen molar-refractivity contribution < 1.29 is 8.42 Å². The smallest absolute Gasteiger partial charge is 0.266 e. The van der Waals surface area contributed by atoms with Crippen molar-refractivity contribution in [3.8, 4) is 0 Å². The van der Waals surface area contributed by atoms with Gasteiger partial charge in [0.05, 0.1) is 18.1 Å². The lowest BCUT2D eigenvalue weighted by Crippen LogP contribution is -2.35. The van der Waals surface area contributed by atoms with Crippen LogP contribution in [-0.4, -0.2) is 31.6 Å². The number of benzene rings is 2. The van der Waals surface area contributed by atoms with E-state index in [1.54, 1.807) is 13.0 Å². The van der Waals surface area contributed by atoms with E-state index < -0.39 is 10.0 Å². The summed E-state index contributed by atoms with van der Waals surface area (Å²) in [6.07, 6.45) is 0.463. The number of rotatable bonds is 4. The van der Waals surface area contributed by atoms with Crippen molar-refractivity contribution >= 4 is 39.1 Å². The molecule has 0 spiro atoms. The van der Waals surface area contributed by atoms with Crippen molar-refractivity contribution in [3.63, 3.8) is 0 Å². The average Bonchev–Trinajstić information content (AvgIpc) is 3.02. The van der Waals surface area contributed by atoms with Gasteiger partial charge in [-0.3, -0.25) is 9.30 Å². The highest BCUT2D eigenvalue weighted by atomic mass is 35.5. The second-order valence-corrected chi connectivity index (χ2v) is 8.14. The van der Waals surface area contributed by atoms with Gasteiger partial charge in [0, 0.05) is 11.4 Å². The first kappa shape index (κ1) is 17.3. The van der Waals surface area contributed by atoms with Crippen molar-refractivity contribution in [2.75, 3.05) is 13.1 Å². The molecule has 24 heavy (non-hydrogen) atoms. The van der Waals surface area contributed by atoms with Crippen LogP contribution in [0.2, 0.25) is 10.0 Å². The Bertz CT molecular complexity index is 896. The van der Waals surface area contributed by atoms with Crippen LogP contribution in [0, 0.1) is 6.92 Å². The highest BCUT2D eigenvalue weighted by Gasteiger charge is 2.32. The molecule has 126 valence electrons. The van der Waals surface area contributed by atoms with Gasteiger partial charge >= 0.3 is 0 Å². The third kappa shape index (κ3) is 3.16. The molecular weight excluding hydrogens is 367 g/mol. The highest BCUT2D eigenvalue weighted by molar-refractivity contribution is 7.89. The van der Waals surface area contributed by atoms with Crippen molar-refractivity contribution in [3.05, 3.63) is 63.6 Å². The summed E-state index contributed by atoms with van der Waals surface area (Å²) >= 11 is 12.3. The van der Waals surface area contributed by atoms with Gasteiger partial charge in [0.2, 0.25) is 0 Å². The minimum Gasteiger partial charge on any atom is -0.269 e. The number of aliphatic imine (C=N–C) groups is 1. The maximum Gasteiger partial charge on any atom is 0.266 e. The molecule has 0 aliphatic carbocycles. The monoisotopic (exact) mass is 382 g/mol. The van der Waals surface area contributed by atoms with Gasteiger partial charge in [-0.05, 0) is 30.2 Å². The lowest BCUT2D eigenvalue weighted by Gasteiger charge is -2.22. The number of sulfonamides is 1. The lowest BCUT2D eigenvalue weighted by molar-refractivity contribution is 0.535. The number of hydrogen-bond donors (Lipinski definition) is 0. The van der Waals surface area contributed by atoms with Crippen molar-refractivity contribution in [1.29, 1.82) is 0 Å². The molecule has 0 unspecified atom stereocenters. The van der Waals surface area contributed by atoms with Crippen LogP contribution >= 0.6 is 23.2 Å². The Morgan fingerprint density at radius 3 is 2.54 bits per heavy atom. The molecule has 0 fully saturated rings. The molecule has 0 bridgehead atoms. The molecule has 0 amide bonds. The average molecular weight is 383 g/mol. The van der Waals surface area contributed by atoms with Gasteiger partial charge in [-0.15, -0.1) is 0 Å². The van der Waals surface area contributed by atoms with E-state index >= 15 is 0 Å². The van der Waals surface area contributed by atoms with Crippen molar-refractivity contribution in [2.45, 2.75) is 18.2 Å². The SMILES string of the molecule is Cc1c(Cl)ccc(S(=O)(=O)N2CCN=C2Cc2ccccc2)c1Cl. The van der Waals surface area contributed by atoms with E-state index in [2.05, 4.69) is 4.99 Å². The Kier molecular flexibility index (Phi) is 4.85.